The third-order valence-electron chi connectivity index (χ3n) is 3.98. The molecule has 1 aliphatic heterocycles. The van der Waals surface area contributed by atoms with Crippen LogP contribution in [0.25, 0.3) is 0 Å². The van der Waals surface area contributed by atoms with Gasteiger partial charge in [-0.05, 0) is 54.8 Å². The molecule has 1 aromatic heterocycles. The molecule has 2 aromatic rings. The molecule has 1 aromatic carbocycles. The smallest absolute Gasteiger partial charge is 0.226 e. The minimum atomic E-state index is 0.220. The van der Waals surface area contributed by atoms with Crippen molar-refractivity contribution in [2.75, 3.05) is 17.2 Å². The molecule has 0 fully saturated rings. The number of rotatable bonds is 4. The lowest BCUT2D eigenvalue weighted by Crippen LogP contribution is -2.35. The van der Waals surface area contributed by atoms with Gasteiger partial charge in [0.25, 0.3) is 0 Å². The molecule has 21 heavy (non-hydrogen) atoms. The molecular formula is C17H20N2OS. The Morgan fingerprint density at radius 3 is 3.00 bits per heavy atom. The van der Waals surface area contributed by atoms with E-state index >= 15 is 0 Å². The van der Waals surface area contributed by atoms with Crippen LogP contribution in [0.15, 0.2) is 35.7 Å². The standard InChI is InChI=1S/C17H20N2OS/c18-15-8-2-9-16-14(15)7-3-11-19(16)17(20)10-1-5-13-6-4-12-21-13/h2,4,6,8-9,12H,1,3,5,7,10-11,18H2. The molecule has 3 rings (SSSR count). The predicted molar refractivity (Wildman–Crippen MR) is 88.8 cm³/mol. The number of nitrogens with two attached hydrogens (primary N) is 1. The van der Waals surface area contributed by atoms with Crippen LogP contribution in [0.3, 0.4) is 0 Å². The van der Waals surface area contributed by atoms with Crippen LogP contribution < -0.4 is 10.6 Å². The van der Waals surface area contributed by atoms with Crippen molar-refractivity contribution < 1.29 is 4.79 Å². The summed E-state index contributed by atoms with van der Waals surface area (Å²) in [5, 5.41) is 2.08. The van der Waals surface area contributed by atoms with Crippen molar-refractivity contribution >= 4 is 28.6 Å². The summed E-state index contributed by atoms with van der Waals surface area (Å²) in [5.41, 5.74) is 8.99. The van der Waals surface area contributed by atoms with Crippen LogP contribution in [0.4, 0.5) is 11.4 Å². The van der Waals surface area contributed by atoms with Gasteiger partial charge in [-0.3, -0.25) is 4.79 Å². The monoisotopic (exact) mass is 300 g/mol. The van der Waals surface area contributed by atoms with E-state index in [9.17, 15) is 4.79 Å². The fourth-order valence-electron chi connectivity index (χ4n) is 2.91. The van der Waals surface area contributed by atoms with E-state index < -0.39 is 0 Å². The molecule has 2 heterocycles. The average molecular weight is 300 g/mol. The van der Waals surface area contributed by atoms with Crippen molar-refractivity contribution in [1.82, 2.24) is 0 Å². The zero-order chi connectivity index (χ0) is 14.7. The van der Waals surface area contributed by atoms with Crippen LogP contribution in [0.5, 0.6) is 0 Å². The van der Waals surface area contributed by atoms with Crippen LogP contribution in [-0.4, -0.2) is 12.5 Å². The lowest BCUT2D eigenvalue weighted by molar-refractivity contribution is -0.118. The van der Waals surface area contributed by atoms with E-state index in [2.05, 4.69) is 17.5 Å². The number of nitrogens with zero attached hydrogens (tertiary/aromatic N) is 1. The molecule has 0 unspecified atom stereocenters. The second-order valence-corrected chi connectivity index (χ2v) is 6.46. The highest BCUT2D eigenvalue weighted by Crippen LogP contribution is 2.31. The number of hydrogen-bond acceptors (Lipinski definition) is 3. The first-order valence-electron chi connectivity index (χ1n) is 7.46. The number of nitrogen functional groups attached to an aromatic ring is 1. The number of aryl methyl sites for hydroxylation is 1. The van der Waals surface area contributed by atoms with Gasteiger partial charge in [0.05, 0.1) is 0 Å². The molecule has 0 radical (unpaired) electrons. The summed E-state index contributed by atoms with van der Waals surface area (Å²) in [4.78, 5) is 15.8. The second kappa shape index (κ2) is 6.31. The van der Waals surface area contributed by atoms with Gasteiger partial charge < -0.3 is 10.6 Å². The first-order chi connectivity index (χ1) is 10.3. The maximum absolute atomic E-state index is 12.5. The zero-order valence-corrected chi connectivity index (χ0v) is 12.9. The predicted octanol–water partition coefficient (Wildman–Crippen LogP) is 3.63. The molecule has 0 atom stereocenters. The van der Waals surface area contributed by atoms with E-state index in [1.54, 1.807) is 11.3 Å². The summed E-state index contributed by atoms with van der Waals surface area (Å²) in [6.45, 7) is 0.814. The summed E-state index contributed by atoms with van der Waals surface area (Å²) >= 11 is 1.76. The Morgan fingerprint density at radius 2 is 2.19 bits per heavy atom. The van der Waals surface area contributed by atoms with Gasteiger partial charge in [0, 0.05) is 29.2 Å². The number of thiophene rings is 1. The number of hydrogen-bond donors (Lipinski definition) is 1. The second-order valence-electron chi connectivity index (χ2n) is 5.43. The Kier molecular flexibility index (Phi) is 4.25. The molecule has 1 aliphatic rings. The van der Waals surface area contributed by atoms with Crippen molar-refractivity contribution in [2.45, 2.75) is 32.1 Å². The summed E-state index contributed by atoms with van der Waals surface area (Å²) < 4.78 is 0. The topological polar surface area (TPSA) is 46.3 Å². The van der Waals surface area contributed by atoms with E-state index in [1.807, 2.05) is 23.1 Å². The molecule has 1 amide bonds. The molecule has 110 valence electrons. The Balaban J connectivity index is 1.65. The number of amides is 1. The van der Waals surface area contributed by atoms with Crippen LogP contribution in [0, 0.1) is 0 Å². The molecule has 0 aliphatic carbocycles. The quantitative estimate of drug-likeness (QED) is 0.876. The molecule has 4 heteroatoms. The first-order valence-corrected chi connectivity index (χ1v) is 8.34. The van der Waals surface area contributed by atoms with E-state index in [-0.39, 0.29) is 5.91 Å². The van der Waals surface area contributed by atoms with Crippen molar-refractivity contribution in [3.8, 4) is 0 Å². The largest absolute Gasteiger partial charge is 0.398 e. The molecule has 0 saturated heterocycles. The van der Waals surface area contributed by atoms with E-state index in [0.29, 0.717) is 6.42 Å². The Bertz CT molecular complexity index is 622. The Morgan fingerprint density at radius 1 is 1.29 bits per heavy atom. The van der Waals surface area contributed by atoms with Crippen LogP contribution in [0.2, 0.25) is 0 Å². The van der Waals surface area contributed by atoms with E-state index in [1.165, 1.54) is 4.88 Å². The van der Waals surface area contributed by atoms with Crippen molar-refractivity contribution in [3.63, 3.8) is 0 Å². The van der Waals surface area contributed by atoms with Crippen LogP contribution in [0.1, 0.15) is 29.7 Å². The van der Waals surface area contributed by atoms with Gasteiger partial charge in [0.15, 0.2) is 0 Å². The molecule has 0 spiro atoms. The number of carbonyl (C=O) groups excluding carboxylic acids is 1. The fourth-order valence-corrected chi connectivity index (χ4v) is 3.67. The lowest BCUT2D eigenvalue weighted by Gasteiger charge is -2.30. The highest BCUT2D eigenvalue weighted by Gasteiger charge is 2.23. The molecule has 3 nitrogen and oxygen atoms in total. The number of carbonyl (C=O) groups is 1. The zero-order valence-electron chi connectivity index (χ0n) is 12.0. The number of anilines is 2. The minimum Gasteiger partial charge on any atom is -0.398 e. The van der Waals surface area contributed by atoms with Gasteiger partial charge in [-0.1, -0.05) is 12.1 Å². The lowest BCUT2D eigenvalue weighted by atomic mass is 9.99. The highest BCUT2D eigenvalue weighted by atomic mass is 32.1. The molecular weight excluding hydrogens is 280 g/mol. The van der Waals surface area contributed by atoms with Crippen molar-refractivity contribution in [3.05, 3.63) is 46.2 Å². The Labute approximate surface area is 129 Å². The maximum atomic E-state index is 12.5. The minimum absolute atomic E-state index is 0.220. The van der Waals surface area contributed by atoms with E-state index in [4.69, 9.17) is 5.73 Å². The summed E-state index contributed by atoms with van der Waals surface area (Å²) in [5.74, 6) is 0.220. The van der Waals surface area contributed by atoms with Crippen molar-refractivity contribution in [1.29, 1.82) is 0 Å². The van der Waals surface area contributed by atoms with Gasteiger partial charge in [-0.15, -0.1) is 11.3 Å². The van der Waals surface area contributed by atoms with Gasteiger partial charge >= 0.3 is 0 Å². The van der Waals surface area contributed by atoms with Crippen LogP contribution in [-0.2, 0) is 17.6 Å². The van der Waals surface area contributed by atoms with Gasteiger partial charge in [-0.25, -0.2) is 0 Å². The normalized spacial score (nSPS) is 14.0. The Hall–Kier alpha value is -1.81. The fraction of sp³-hybridized carbons (Fsp3) is 0.353. The number of benzene rings is 1. The SMILES string of the molecule is Nc1cccc2c1CCCN2C(=O)CCCc1cccs1. The summed E-state index contributed by atoms with van der Waals surface area (Å²) in [6.07, 6.45) is 4.47. The molecule has 0 bridgehead atoms. The molecule has 2 N–H and O–H groups in total. The third-order valence-corrected chi connectivity index (χ3v) is 4.92. The summed E-state index contributed by atoms with van der Waals surface area (Å²) in [6, 6.07) is 10.1. The van der Waals surface area contributed by atoms with Gasteiger partial charge in [-0.2, -0.15) is 0 Å². The van der Waals surface area contributed by atoms with Crippen molar-refractivity contribution in [2.24, 2.45) is 0 Å². The first kappa shape index (κ1) is 14.1. The third kappa shape index (κ3) is 3.10. The maximum Gasteiger partial charge on any atom is 0.226 e. The summed E-state index contributed by atoms with van der Waals surface area (Å²) in [7, 11) is 0. The molecule has 0 saturated carbocycles. The highest BCUT2D eigenvalue weighted by molar-refractivity contribution is 7.09. The number of fused-ring (bicyclic) bond motifs is 1. The van der Waals surface area contributed by atoms with Gasteiger partial charge in [0.1, 0.15) is 0 Å². The van der Waals surface area contributed by atoms with Crippen LogP contribution >= 0.6 is 11.3 Å². The van der Waals surface area contributed by atoms with Gasteiger partial charge in [0.2, 0.25) is 5.91 Å². The average Bonchev–Trinajstić information content (AvgIpc) is 3.00. The van der Waals surface area contributed by atoms with E-state index in [0.717, 1.165) is 49.2 Å².